The van der Waals surface area contributed by atoms with Crippen molar-refractivity contribution < 1.29 is 9.59 Å². The van der Waals surface area contributed by atoms with Crippen LogP contribution in [0.15, 0.2) is 18.2 Å². The molecule has 0 aliphatic carbocycles. The highest BCUT2D eigenvalue weighted by Crippen LogP contribution is 2.22. The highest BCUT2D eigenvalue weighted by molar-refractivity contribution is 6.35. The van der Waals surface area contributed by atoms with Crippen LogP contribution in [-0.4, -0.2) is 24.0 Å². The van der Waals surface area contributed by atoms with Crippen molar-refractivity contribution in [3.05, 3.63) is 33.8 Å². The van der Waals surface area contributed by atoms with Gasteiger partial charge in [0.25, 0.3) is 0 Å². The predicted molar refractivity (Wildman–Crippen MR) is 80.0 cm³/mol. The van der Waals surface area contributed by atoms with Crippen molar-refractivity contribution in [3.8, 4) is 0 Å². The average molecular weight is 318 g/mol. The summed E-state index contributed by atoms with van der Waals surface area (Å²) >= 11 is 11.9. The van der Waals surface area contributed by atoms with Gasteiger partial charge >= 0.3 is 6.03 Å². The van der Waals surface area contributed by atoms with Crippen LogP contribution in [0.3, 0.4) is 0 Å². The SMILES string of the molecule is C[C@H](Cc1ccc(Cl)cc1Cl)NC(=O)[C@H](C)NC(N)=O. The van der Waals surface area contributed by atoms with Crippen LogP contribution in [0.5, 0.6) is 0 Å². The first-order valence-corrected chi connectivity index (χ1v) is 6.85. The number of carbonyl (C=O) groups is 2. The lowest BCUT2D eigenvalue weighted by atomic mass is 10.1. The molecule has 0 bridgehead atoms. The van der Waals surface area contributed by atoms with Gasteiger partial charge in [-0.2, -0.15) is 0 Å². The quantitative estimate of drug-likeness (QED) is 0.777. The maximum atomic E-state index is 11.8. The van der Waals surface area contributed by atoms with E-state index in [9.17, 15) is 9.59 Å². The molecule has 0 unspecified atom stereocenters. The number of carbonyl (C=O) groups excluding carboxylic acids is 2. The molecule has 2 atom stereocenters. The number of rotatable bonds is 5. The number of primary amides is 1. The molecule has 1 aromatic carbocycles. The molecular formula is C13H17Cl2N3O2. The van der Waals surface area contributed by atoms with E-state index in [1.165, 1.54) is 0 Å². The maximum absolute atomic E-state index is 11.8. The van der Waals surface area contributed by atoms with Crippen LogP contribution in [0.25, 0.3) is 0 Å². The lowest BCUT2D eigenvalue weighted by Gasteiger charge is -2.18. The van der Waals surface area contributed by atoms with Crippen LogP contribution in [0.2, 0.25) is 10.0 Å². The number of halogens is 2. The molecule has 4 N–H and O–H groups in total. The molecule has 0 radical (unpaired) electrons. The zero-order valence-corrected chi connectivity index (χ0v) is 12.8. The summed E-state index contributed by atoms with van der Waals surface area (Å²) in [6, 6.07) is 3.66. The third-order valence-electron chi connectivity index (χ3n) is 2.68. The Morgan fingerprint density at radius 1 is 1.25 bits per heavy atom. The number of hydrogen-bond acceptors (Lipinski definition) is 2. The van der Waals surface area contributed by atoms with Gasteiger partial charge in [0.15, 0.2) is 0 Å². The molecule has 0 heterocycles. The Morgan fingerprint density at radius 2 is 1.90 bits per heavy atom. The van der Waals surface area contributed by atoms with Gasteiger partial charge in [-0.25, -0.2) is 4.79 Å². The Balaban J connectivity index is 2.56. The van der Waals surface area contributed by atoms with E-state index in [4.69, 9.17) is 28.9 Å². The molecule has 20 heavy (non-hydrogen) atoms. The molecule has 0 aliphatic rings. The first-order chi connectivity index (χ1) is 9.29. The summed E-state index contributed by atoms with van der Waals surface area (Å²) in [7, 11) is 0. The summed E-state index contributed by atoms with van der Waals surface area (Å²) in [5.74, 6) is -0.304. The van der Waals surface area contributed by atoms with Crippen molar-refractivity contribution in [1.29, 1.82) is 0 Å². The number of nitrogens with two attached hydrogens (primary N) is 1. The molecular weight excluding hydrogens is 301 g/mol. The number of hydrogen-bond donors (Lipinski definition) is 3. The Hall–Kier alpha value is -1.46. The van der Waals surface area contributed by atoms with Crippen LogP contribution < -0.4 is 16.4 Å². The Bertz CT molecular complexity index is 508. The second-order valence-electron chi connectivity index (χ2n) is 4.58. The smallest absolute Gasteiger partial charge is 0.312 e. The number of nitrogens with one attached hydrogen (secondary N) is 2. The van der Waals surface area contributed by atoms with E-state index in [1.807, 2.05) is 13.0 Å². The number of amides is 3. The van der Waals surface area contributed by atoms with Gasteiger partial charge in [0, 0.05) is 16.1 Å². The summed E-state index contributed by atoms with van der Waals surface area (Å²) < 4.78 is 0. The lowest BCUT2D eigenvalue weighted by Crippen LogP contribution is -2.49. The molecule has 0 spiro atoms. The van der Waals surface area contributed by atoms with Crippen molar-refractivity contribution in [1.82, 2.24) is 10.6 Å². The van der Waals surface area contributed by atoms with Crippen LogP contribution in [0, 0.1) is 0 Å². The van der Waals surface area contributed by atoms with E-state index in [1.54, 1.807) is 19.1 Å². The monoisotopic (exact) mass is 317 g/mol. The fourth-order valence-corrected chi connectivity index (χ4v) is 2.20. The van der Waals surface area contributed by atoms with Gasteiger partial charge in [-0.1, -0.05) is 29.3 Å². The normalized spacial score (nSPS) is 13.4. The van der Waals surface area contributed by atoms with E-state index in [0.29, 0.717) is 16.5 Å². The second-order valence-corrected chi connectivity index (χ2v) is 5.42. The third-order valence-corrected chi connectivity index (χ3v) is 3.27. The van der Waals surface area contributed by atoms with Crippen LogP contribution in [-0.2, 0) is 11.2 Å². The molecule has 0 aromatic heterocycles. The molecule has 0 saturated carbocycles. The third kappa shape index (κ3) is 5.27. The molecule has 3 amide bonds. The van der Waals surface area contributed by atoms with Crippen molar-refractivity contribution in [2.45, 2.75) is 32.4 Å². The van der Waals surface area contributed by atoms with Crippen molar-refractivity contribution >= 4 is 35.1 Å². The van der Waals surface area contributed by atoms with Gasteiger partial charge in [-0.05, 0) is 38.0 Å². The summed E-state index contributed by atoms with van der Waals surface area (Å²) in [6.45, 7) is 3.40. The van der Waals surface area contributed by atoms with Crippen molar-refractivity contribution in [2.75, 3.05) is 0 Å². The van der Waals surface area contributed by atoms with E-state index >= 15 is 0 Å². The van der Waals surface area contributed by atoms with E-state index in [0.717, 1.165) is 5.56 Å². The van der Waals surface area contributed by atoms with Crippen molar-refractivity contribution in [2.24, 2.45) is 5.73 Å². The highest BCUT2D eigenvalue weighted by Gasteiger charge is 2.17. The molecule has 0 fully saturated rings. The molecule has 1 aromatic rings. The fraction of sp³-hybridized carbons (Fsp3) is 0.385. The maximum Gasteiger partial charge on any atom is 0.312 e. The van der Waals surface area contributed by atoms with Gasteiger partial charge in [0.2, 0.25) is 5.91 Å². The standard InChI is InChI=1S/C13H17Cl2N3O2/c1-7(17-12(19)8(2)18-13(16)20)5-9-3-4-10(14)6-11(9)15/h3-4,6-8H,5H2,1-2H3,(H,17,19)(H3,16,18,20)/t7-,8+/m1/s1. The summed E-state index contributed by atoms with van der Waals surface area (Å²) in [6.07, 6.45) is 0.561. The number of benzene rings is 1. The minimum absolute atomic E-state index is 0.140. The van der Waals surface area contributed by atoms with Crippen LogP contribution in [0.4, 0.5) is 4.79 Å². The Labute approximate surface area is 127 Å². The molecule has 1 rings (SSSR count). The average Bonchev–Trinajstić information content (AvgIpc) is 2.31. The molecule has 7 heteroatoms. The van der Waals surface area contributed by atoms with Gasteiger partial charge in [0.1, 0.15) is 6.04 Å². The molecule has 0 saturated heterocycles. The first kappa shape index (κ1) is 16.6. The topological polar surface area (TPSA) is 84.2 Å². The van der Waals surface area contributed by atoms with Crippen LogP contribution in [0.1, 0.15) is 19.4 Å². The first-order valence-electron chi connectivity index (χ1n) is 6.10. The van der Waals surface area contributed by atoms with E-state index in [-0.39, 0.29) is 11.9 Å². The Morgan fingerprint density at radius 3 is 2.45 bits per heavy atom. The largest absolute Gasteiger partial charge is 0.352 e. The summed E-state index contributed by atoms with van der Waals surface area (Å²) in [4.78, 5) is 22.5. The minimum atomic E-state index is -0.735. The van der Waals surface area contributed by atoms with Gasteiger partial charge in [-0.15, -0.1) is 0 Å². The second kappa shape index (κ2) is 7.36. The molecule has 5 nitrogen and oxygen atoms in total. The lowest BCUT2D eigenvalue weighted by molar-refractivity contribution is -0.123. The molecule has 0 aliphatic heterocycles. The summed E-state index contributed by atoms with van der Waals surface area (Å²) in [5, 5.41) is 6.21. The van der Waals surface area contributed by atoms with Gasteiger partial charge in [0.05, 0.1) is 0 Å². The minimum Gasteiger partial charge on any atom is -0.352 e. The zero-order chi connectivity index (χ0) is 15.3. The number of urea groups is 1. The van der Waals surface area contributed by atoms with Gasteiger partial charge < -0.3 is 16.4 Å². The van der Waals surface area contributed by atoms with E-state index in [2.05, 4.69) is 10.6 Å². The van der Waals surface area contributed by atoms with E-state index < -0.39 is 12.1 Å². The van der Waals surface area contributed by atoms with Crippen molar-refractivity contribution in [3.63, 3.8) is 0 Å². The van der Waals surface area contributed by atoms with Crippen LogP contribution >= 0.6 is 23.2 Å². The molecule has 110 valence electrons. The zero-order valence-electron chi connectivity index (χ0n) is 11.2. The fourth-order valence-electron chi connectivity index (χ4n) is 1.71. The highest BCUT2D eigenvalue weighted by atomic mass is 35.5. The Kier molecular flexibility index (Phi) is 6.10. The van der Waals surface area contributed by atoms with Gasteiger partial charge in [-0.3, -0.25) is 4.79 Å². The summed E-state index contributed by atoms with van der Waals surface area (Å²) in [5.41, 5.74) is 5.85. The predicted octanol–water partition coefficient (Wildman–Crippen LogP) is 2.10.